The van der Waals surface area contributed by atoms with E-state index in [1.54, 1.807) is 0 Å². The molecule has 0 fully saturated rings. The molecule has 0 atom stereocenters. The molecule has 0 aliphatic rings. The molecule has 0 spiro atoms. The quantitative estimate of drug-likeness (QED) is 0.601. The molecule has 0 unspecified atom stereocenters. The van der Waals surface area contributed by atoms with E-state index in [2.05, 4.69) is 9.82 Å². The first-order valence-corrected chi connectivity index (χ1v) is 10.6. The van der Waals surface area contributed by atoms with E-state index in [0.29, 0.717) is 0 Å². The summed E-state index contributed by atoms with van der Waals surface area (Å²) in [5.74, 6) is -0.642. The number of ether oxygens (including phenoxy) is 1. The van der Waals surface area contributed by atoms with Crippen LogP contribution in [0.15, 0.2) is 53.4 Å². The highest BCUT2D eigenvalue weighted by atomic mass is 35.5. The molecule has 152 valence electrons. The van der Waals surface area contributed by atoms with Crippen LogP contribution < -0.4 is 4.72 Å². The summed E-state index contributed by atoms with van der Waals surface area (Å²) in [7, 11) is -2.51. The molecule has 9 heteroatoms. The van der Waals surface area contributed by atoms with Gasteiger partial charge in [-0.05, 0) is 62.9 Å². The Labute approximate surface area is 174 Å². The van der Waals surface area contributed by atoms with Crippen molar-refractivity contribution in [2.75, 3.05) is 7.05 Å². The summed E-state index contributed by atoms with van der Waals surface area (Å²) in [6.07, 6.45) is 0. The molecule has 7 nitrogen and oxygen atoms in total. The number of carbonyl (C=O) groups is 1. The Morgan fingerprint density at radius 2 is 1.83 bits per heavy atom. The highest BCUT2D eigenvalue weighted by Gasteiger charge is 2.19. The number of nitrogens with one attached hydrogen (secondary N) is 1. The summed E-state index contributed by atoms with van der Waals surface area (Å²) < 4.78 is 33.3. The van der Waals surface area contributed by atoms with Crippen LogP contribution in [0.3, 0.4) is 0 Å². The second-order valence-corrected chi connectivity index (χ2v) is 8.70. The second-order valence-electron chi connectivity index (χ2n) is 6.43. The van der Waals surface area contributed by atoms with E-state index in [9.17, 15) is 13.2 Å². The van der Waals surface area contributed by atoms with Gasteiger partial charge in [0, 0.05) is 5.69 Å². The van der Waals surface area contributed by atoms with E-state index in [0.717, 1.165) is 22.6 Å². The van der Waals surface area contributed by atoms with Gasteiger partial charge in [-0.15, -0.1) is 0 Å². The van der Waals surface area contributed by atoms with Gasteiger partial charge in [-0.1, -0.05) is 23.7 Å². The minimum atomic E-state index is -3.78. The van der Waals surface area contributed by atoms with E-state index in [4.69, 9.17) is 16.3 Å². The lowest BCUT2D eigenvalue weighted by Gasteiger charge is -2.09. The van der Waals surface area contributed by atoms with E-state index in [-0.39, 0.29) is 22.1 Å². The highest BCUT2D eigenvalue weighted by Crippen LogP contribution is 2.23. The zero-order chi connectivity index (χ0) is 21.2. The summed E-state index contributed by atoms with van der Waals surface area (Å²) in [5, 5.41) is 4.46. The SMILES string of the molecule is CNS(=O)(=O)c1cc(C(=O)OCc2ccc(-n3nc(C)cc3C)cc2)ccc1Cl. The number of aryl methyl sites for hydroxylation is 2. The van der Waals surface area contributed by atoms with Gasteiger partial charge in [0.25, 0.3) is 0 Å². The Morgan fingerprint density at radius 1 is 1.14 bits per heavy atom. The van der Waals surface area contributed by atoms with Crippen molar-refractivity contribution >= 4 is 27.6 Å². The largest absolute Gasteiger partial charge is 0.457 e. The van der Waals surface area contributed by atoms with Gasteiger partial charge in [-0.25, -0.2) is 22.6 Å². The number of carbonyl (C=O) groups excluding carboxylic acids is 1. The zero-order valence-electron chi connectivity index (χ0n) is 16.1. The standard InChI is InChI=1S/C20H20ClN3O4S/c1-13-10-14(2)24(23-13)17-7-4-15(5-8-17)12-28-20(25)16-6-9-18(21)19(11-16)29(26,27)22-3/h4-11,22H,12H2,1-3H3. The molecule has 0 saturated carbocycles. The first-order valence-electron chi connectivity index (χ1n) is 8.74. The second kappa shape index (κ2) is 8.36. The lowest BCUT2D eigenvalue weighted by Crippen LogP contribution is -2.19. The molecule has 0 saturated heterocycles. The molecular formula is C20H20ClN3O4S. The van der Waals surface area contributed by atoms with Gasteiger partial charge < -0.3 is 4.74 Å². The predicted molar refractivity (Wildman–Crippen MR) is 110 cm³/mol. The summed E-state index contributed by atoms with van der Waals surface area (Å²) in [6, 6.07) is 13.4. The van der Waals surface area contributed by atoms with Gasteiger partial charge in [0.15, 0.2) is 0 Å². The van der Waals surface area contributed by atoms with Crippen LogP contribution in [-0.2, 0) is 21.4 Å². The maximum atomic E-state index is 12.3. The summed E-state index contributed by atoms with van der Waals surface area (Å²) in [4.78, 5) is 12.2. The van der Waals surface area contributed by atoms with Crippen LogP contribution in [0.25, 0.3) is 5.69 Å². The van der Waals surface area contributed by atoms with Gasteiger partial charge >= 0.3 is 5.97 Å². The van der Waals surface area contributed by atoms with Crippen molar-refractivity contribution in [1.29, 1.82) is 0 Å². The summed E-state index contributed by atoms with van der Waals surface area (Å²) >= 11 is 5.94. The Balaban J connectivity index is 1.71. The molecule has 0 bridgehead atoms. The molecule has 1 heterocycles. The lowest BCUT2D eigenvalue weighted by molar-refractivity contribution is 0.0472. The van der Waals surface area contributed by atoms with Crippen LogP contribution in [0.1, 0.15) is 27.3 Å². The number of benzene rings is 2. The monoisotopic (exact) mass is 433 g/mol. The van der Waals surface area contributed by atoms with Gasteiger partial charge in [0.2, 0.25) is 10.0 Å². The minimum absolute atomic E-state index is 0.0237. The molecule has 29 heavy (non-hydrogen) atoms. The fourth-order valence-electron chi connectivity index (χ4n) is 2.80. The molecule has 0 aliphatic carbocycles. The van der Waals surface area contributed by atoms with Gasteiger partial charge in [0.05, 0.1) is 22.0 Å². The lowest BCUT2D eigenvalue weighted by atomic mass is 10.2. The third-order valence-corrected chi connectivity index (χ3v) is 6.18. The first-order chi connectivity index (χ1) is 13.7. The summed E-state index contributed by atoms with van der Waals surface area (Å²) in [5.41, 5.74) is 3.76. The number of esters is 1. The molecule has 1 N–H and O–H groups in total. The van der Waals surface area contributed by atoms with Crippen molar-refractivity contribution in [1.82, 2.24) is 14.5 Å². The Kier molecular flexibility index (Phi) is 6.07. The van der Waals surface area contributed by atoms with Crippen molar-refractivity contribution < 1.29 is 17.9 Å². The molecule has 3 aromatic rings. The highest BCUT2D eigenvalue weighted by molar-refractivity contribution is 7.89. The molecule has 0 amide bonds. The number of hydrogen-bond acceptors (Lipinski definition) is 5. The van der Waals surface area contributed by atoms with Crippen molar-refractivity contribution in [3.8, 4) is 5.69 Å². The topological polar surface area (TPSA) is 90.3 Å². The van der Waals surface area contributed by atoms with Crippen LogP contribution in [0.5, 0.6) is 0 Å². The third-order valence-electron chi connectivity index (χ3n) is 4.29. The van der Waals surface area contributed by atoms with Crippen molar-refractivity contribution in [2.24, 2.45) is 0 Å². The van der Waals surface area contributed by atoms with Crippen LogP contribution in [0.4, 0.5) is 0 Å². The first kappa shape index (κ1) is 21.0. The number of rotatable bonds is 6. The predicted octanol–water partition coefficient (Wildman–Crippen LogP) is 3.41. The number of aromatic nitrogens is 2. The van der Waals surface area contributed by atoms with Crippen LogP contribution >= 0.6 is 11.6 Å². The van der Waals surface area contributed by atoms with Crippen LogP contribution in [-0.4, -0.2) is 31.2 Å². The molecule has 1 aromatic heterocycles. The molecular weight excluding hydrogens is 414 g/mol. The van der Waals surface area contributed by atoms with Crippen molar-refractivity contribution in [3.63, 3.8) is 0 Å². The van der Waals surface area contributed by atoms with E-state index in [1.165, 1.54) is 25.2 Å². The molecule has 0 radical (unpaired) electrons. The van der Waals surface area contributed by atoms with E-state index >= 15 is 0 Å². The van der Waals surface area contributed by atoms with Crippen LogP contribution in [0, 0.1) is 13.8 Å². The van der Waals surface area contributed by atoms with E-state index < -0.39 is 16.0 Å². The Hall–Kier alpha value is -2.68. The normalized spacial score (nSPS) is 11.4. The average molecular weight is 434 g/mol. The smallest absolute Gasteiger partial charge is 0.338 e. The van der Waals surface area contributed by atoms with E-state index in [1.807, 2.05) is 48.9 Å². The third kappa shape index (κ3) is 4.67. The molecule has 0 aliphatic heterocycles. The Bertz CT molecular complexity index is 1150. The van der Waals surface area contributed by atoms with Gasteiger partial charge in [-0.2, -0.15) is 5.10 Å². The zero-order valence-corrected chi connectivity index (χ0v) is 17.7. The Morgan fingerprint density at radius 3 is 2.41 bits per heavy atom. The fourth-order valence-corrected chi connectivity index (χ4v) is 4.05. The van der Waals surface area contributed by atoms with Crippen molar-refractivity contribution in [3.05, 3.63) is 76.1 Å². The van der Waals surface area contributed by atoms with Crippen molar-refractivity contribution in [2.45, 2.75) is 25.3 Å². The maximum Gasteiger partial charge on any atom is 0.338 e. The average Bonchev–Trinajstić information content (AvgIpc) is 3.04. The van der Waals surface area contributed by atoms with Crippen LogP contribution in [0.2, 0.25) is 5.02 Å². The number of nitrogens with zero attached hydrogens (tertiary/aromatic N) is 2. The van der Waals surface area contributed by atoms with Gasteiger partial charge in [0.1, 0.15) is 11.5 Å². The number of hydrogen-bond donors (Lipinski definition) is 1. The molecule has 3 rings (SSSR count). The summed E-state index contributed by atoms with van der Waals surface area (Å²) in [6.45, 7) is 3.96. The molecule has 2 aromatic carbocycles. The number of sulfonamides is 1. The van der Waals surface area contributed by atoms with Gasteiger partial charge in [-0.3, -0.25) is 0 Å². The number of halogens is 1. The maximum absolute atomic E-state index is 12.3. The fraction of sp³-hybridized carbons (Fsp3) is 0.200. The minimum Gasteiger partial charge on any atom is -0.457 e.